The standard InChI is InChI=1S/C18H13BrN2OS/c1-10-3-4-12(11(2)7-10)15-8-13(14(9-20)18(22)21-15)16-5-6-17(19)23-16/h3-8H,1-2H3,(H,21,22). The number of thiophene rings is 1. The summed E-state index contributed by atoms with van der Waals surface area (Å²) in [5, 5.41) is 9.34. The van der Waals surface area contributed by atoms with E-state index in [9.17, 15) is 10.1 Å². The van der Waals surface area contributed by atoms with Crippen LogP contribution in [0.2, 0.25) is 0 Å². The maximum absolute atomic E-state index is 12.3. The molecule has 5 heteroatoms. The highest BCUT2D eigenvalue weighted by Crippen LogP contribution is 2.34. The maximum atomic E-state index is 12.3. The van der Waals surface area contributed by atoms with E-state index in [1.54, 1.807) is 0 Å². The predicted octanol–water partition coefficient (Wildman–Crippen LogP) is 5.02. The topological polar surface area (TPSA) is 56.6 Å². The molecule has 0 amide bonds. The Morgan fingerprint density at radius 1 is 1.13 bits per heavy atom. The van der Waals surface area contributed by atoms with Gasteiger partial charge in [0.2, 0.25) is 0 Å². The normalized spacial score (nSPS) is 10.5. The fourth-order valence-electron chi connectivity index (χ4n) is 2.58. The van der Waals surface area contributed by atoms with Gasteiger partial charge in [0.05, 0.1) is 3.79 Å². The van der Waals surface area contributed by atoms with Gasteiger partial charge in [-0.2, -0.15) is 5.26 Å². The van der Waals surface area contributed by atoms with Crippen LogP contribution in [-0.2, 0) is 0 Å². The second kappa shape index (κ2) is 6.15. The summed E-state index contributed by atoms with van der Waals surface area (Å²) in [6.07, 6.45) is 0. The molecule has 114 valence electrons. The first kappa shape index (κ1) is 15.7. The van der Waals surface area contributed by atoms with Crippen LogP contribution in [0.4, 0.5) is 0 Å². The Balaban J connectivity index is 2.27. The maximum Gasteiger partial charge on any atom is 0.267 e. The number of nitrogens with one attached hydrogen (secondary N) is 1. The molecule has 0 unspecified atom stereocenters. The van der Waals surface area contributed by atoms with Crippen LogP contribution in [0.15, 0.2) is 45.0 Å². The number of aromatic nitrogens is 1. The van der Waals surface area contributed by atoms with Gasteiger partial charge < -0.3 is 4.98 Å². The summed E-state index contributed by atoms with van der Waals surface area (Å²) in [6, 6.07) is 13.8. The van der Waals surface area contributed by atoms with Crippen molar-refractivity contribution >= 4 is 27.3 Å². The SMILES string of the molecule is Cc1ccc(-c2cc(-c3ccc(Br)s3)c(C#N)c(=O)[nH]2)c(C)c1. The Bertz CT molecular complexity index is 995. The van der Waals surface area contributed by atoms with E-state index in [1.165, 1.54) is 16.9 Å². The summed E-state index contributed by atoms with van der Waals surface area (Å²) in [6.45, 7) is 4.05. The Morgan fingerprint density at radius 3 is 2.52 bits per heavy atom. The highest BCUT2D eigenvalue weighted by Gasteiger charge is 2.14. The number of hydrogen-bond donors (Lipinski definition) is 1. The van der Waals surface area contributed by atoms with Crippen molar-refractivity contribution in [3.05, 3.63) is 67.2 Å². The van der Waals surface area contributed by atoms with Crippen molar-refractivity contribution in [2.45, 2.75) is 13.8 Å². The molecule has 0 fully saturated rings. The van der Waals surface area contributed by atoms with Gasteiger partial charge in [-0.25, -0.2) is 0 Å². The van der Waals surface area contributed by atoms with Crippen molar-refractivity contribution < 1.29 is 0 Å². The lowest BCUT2D eigenvalue weighted by atomic mass is 10.00. The molecule has 0 aliphatic heterocycles. The fraction of sp³-hybridized carbons (Fsp3) is 0.111. The summed E-state index contributed by atoms with van der Waals surface area (Å²) >= 11 is 4.93. The smallest absolute Gasteiger partial charge is 0.267 e. The third-order valence-corrected chi connectivity index (χ3v) is 5.31. The monoisotopic (exact) mass is 384 g/mol. The van der Waals surface area contributed by atoms with Crippen molar-refractivity contribution in [2.75, 3.05) is 0 Å². The van der Waals surface area contributed by atoms with E-state index < -0.39 is 0 Å². The van der Waals surface area contributed by atoms with E-state index in [-0.39, 0.29) is 11.1 Å². The molecule has 0 aliphatic carbocycles. The van der Waals surface area contributed by atoms with Crippen molar-refractivity contribution in [1.29, 1.82) is 5.26 Å². The average molecular weight is 385 g/mol. The molecular formula is C18H13BrN2OS. The molecule has 3 nitrogen and oxygen atoms in total. The van der Waals surface area contributed by atoms with Crippen molar-refractivity contribution in [2.24, 2.45) is 0 Å². The van der Waals surface area contributed by atoms with E-state index >= 15 is 0 Å². The molecule has 3 rings (SSSR count). The van der Waals surface area contributed by atoms with Gasteiger partial charge in [-0.3, -0.25) is 4.79 Å². The summed E-state index contributed by atoms with van der Waals surface area (Å²) in [4.78, 5) is 16.1. The van der Waals surface area contributed by atoms with Gasteiger partial charge in [-0.1, -0.05) is 23.8 Å². The van der Waals surface area contributed by atoms with Gasteiger partial charge in [0, 0.05) is 21.7 Å². The first-order chi connectivity index (χ1) is 11.0. The third kappa shape index (κ3) is 3.00. The third-order valence-electron chi connectivity index (χ3n) is 3.66. The molecule has 0 spiro atoms. The van der Waals surface area contributed by atoms with Gasteiger partial charge in [0.15, 0.2) is 0 Å². The number of benzene rings is 1. The molecule has 0 aliphatic rings. The molecule has 1 aromatic carbocycles. The number of nitrogens with zero attached hydrogens (tertiary/aromatic N) is 1. The zero-order valence-electron chi connectivity index (χ0n) is 12.6. The zero-order chi connectivity index (χ0) is 16.6. The van der Waals surface area contributed by atoms with Crippen LogP contribution < -0.4 is 5.56 Å². The Kier molecular flexibility index (Phi) is 4.20. The van der Waals surface area contributed by atoms with Crippen molar-refractivity contribution in [3.63, 3.8) is 0 Å². The Hall–Kier alpha value is -2.16. The van der Waals surface area contributed by atoms with Crippen LogP contribution in [0, 0.1) is 25.2 Å². The van der Waals surface area contributed by atoms with Crippen LogP contribution in [0.3, 0.4) is 0 Å². The minimum absolute atomic E-state index is 0.146. The molecule has 0 atom stereocenters. The number of halogens is 1. The van der Waals surface area contributed by atoms with E-state index in [0.29, 0.717) is 5.56 Å². The van der Waals surface area contributed by atoms with E-state index in [0.717, 1.165) is 25.5 Å². The molecule has 3 aromatic rings. The summed E-state index contributed by atoms with van der Waals surface area (Å²) in [5.41, 5.74) is 4.41. The molecule has 23 heavy (non-hydrogen) atoms. The quantitative estimate of drug-likeness (QED) is 0.673. The van der Waals surface area contributed by atoms with Gasteiger partial charge in [0.1, 0.15) is 11.6 Å². The molecule has 2 aromatic heterocycles. The Labute approximate surface area is 146 Å². The van der Waals surface area contributed by atoms with Crippen molar-refractivity contribution in [3.8, 4) is 27.8 Å². The number of rotatable bonds is 2. The first-order valence-electron chi connectivity index (χ1n) is 7.00. The summed E-state index contributed by atoms with van der Waals surface area (Å²) in [7, 11) is 0. The number of aromatic amines is 1. The van der Waals surface area contributed by atoms with Gasteiger partial charge in [-0.05, 0) is 53.5 Å². The largest absolute Gasteiger partial charge is 0.321 e. The highest BCUT2D eigenvalue weighted by atomic mass is 79.9. The molecule has 1 N–H and O–H groups in total. The number of hydrogen-bond acceptors (Lipinski definition) is 3. The average Bonchev–Trinajstić information content (AvgIpc) is 2.93. The molecule has 0 radical (unpaired) electrons. The molecule has 2 heterocycles. The molecule has 0 bridgehead atoms. The minimum atomic E-state index is -0.357. The number of nitriles is 1. The fourth-order valence-corrected chi connectivity index (χ4v) is 3.99. The minimum Gasteiger partial charge on any atom is -0.321 e. The highest BCUT2D eigenvalue weighted by molar-refractivity contribution is 9.11. The lowest BCUT2D eigenvalue weighted by Crippen LogP contribution is -2.12. The van der Waals surface area contributed by atoms with E-state index in [1.807, 2.05) is 50.2 Å². The van der Waals surface area contributed by atoms with Crippen LogP contribution >= 0.6 is 27.3 Å². The number of H-pyrrole nitrogens is 1. The van der Waals surface area contributed by atoms with Crippen LogP contribution in [0.1, 0.15) is 16.7 Å². The van der Waals surface area contributed by atoms with E-state index in [2.05, 4.69) is 27.0 Å². The van der Waals surface area contributed by atoms with Crippen molar-refractivity contribution in [1.82, 2.24) is 4.98 Å². The van der Waals surface area contributed by atoms with E-state index in [4.69, 9.17) is 0 Å². The molecule has 0 saturated carbocycles. The number of aryl methyl sites for hydroxylation is 2. The van der Waals surface area contributed by atoms with Crippen LogP contribution in [-0.4, -0.2) is 4.98 Å². The van der Waals surface area contributed by atoms with Crippen LogP contribution in [0.25, 0.3) is 21.7 Å². The lowest BCUT2D eigenvalue weighted by Gasteiger charge is -2.09. The van der Waals surface area contributed by atoms with Crippen LogP contribution in [0.5, 0.6) is 0 Å². The van der Waals surface area contributed by atoms with Gasteiger partial charge in [-0.15, -0.1) is 11.3 Å². The first-order valence-corrected chi connectivity index (χ1v) is 8.61. The molecular weight excluding hydrogens is 372 g/mol. The summed E-state index contributed by atoms with van der Waals surface area (Å²) < 4.78 is 0.963. The predicted molar refractivity (Wildman–Crippen MR) is 97.7 cm³/mol. The zero-order valence-corrected chi connectivity index (χ0v) is 15.0. The van der Waals surface area contributed by atoms with Gasteiger partial charge in [0.25, 0.3) is 5.56 Å². The molecule has 0 saturated heterocycles. The lowest BCUT2D eigenvalue weighted by molar-refractivity contribution is 1.21. The second-order valence-corrected chi connectivity index (χ2v) is 7.80. The summed E-state index contributed by atoms with van der Waals surface area (Å²) in [5.74, 6) is 0. The second-order valence-electron chi connectivity index (χ2n) is 5.33. The number of pyridine rings is 1. The Morgan fingerprint density at radius 2 is 1.91 bits per heavy atom. The van der Waals surface area contributed by atoms with Gasteiger partial charge >= 0.3 is 0 Å².